The molecule has 5 heteroatoms. The summed E-state index contributed by atoms with van der Waals surface area (Å²) in [6.07, 6.45) is -2.01. The van der Waals surface area contributed by atoms with Gasteiger partial charge in [0, 0.05) is 0 Å². The highest BCUT2D eigenvalue weighted by Crippen LogP contribution is 2.19. The highest BCUT2D eigenvalue weighted by Gasteiger charge is 2.45. The predicted molar refractivity (Wildman–Crippen MR) is 33.3 cm³/mol. The van der Waals surface area contributed by atoms with Crippen LogP contribution in [0.2, 0.25) is 0 Å². The lowest BCUT2D eigenvalue weighted by Gasteiger charge is -2.16. The smallest absolute Gasteiger partial charge is 0.379 e. The van der Waals surface area contributed by atoms with Gasteiger partial charge in [0.25, 0.3) is 0 Å². The summed E-state index contributed by atoms with van der Waals surface area (Å²) in [5.74, 6) is -5.48. The fourth-order valence-electron chi connectivity index (χ4n) is 0.398. The molecule has 0 fully saturated rings. The SMILES string of the molecule is CCOC(=O)C(F)(F)[C@H](C)O. The van der Waals surface area contributed by atoms with Crippen LogP contribution in [0.5, 0.6) is 0 Å². The minimum absolute atomic E-state index is 0.124. The van der Waals surface area contributed by atoms with Gasteiger partial charge in [0.2, 0.25) is 0 Å². The molecule has 0 spiro atoms. The first-order valence-corrected chi connectivity index (χ1v) is 3.16. The lowest BCUT2D eigenvalue weighted by atomic mass is 10.2. The Bertz CT molecular complexity index is 145. The van der Waals surface area contributed by atoms with Crippen molar-refractivity contribution in [2.24, 2.45) is 0 Å². The Balaban J connectivity index is 4.18. The summed E-state index contributed by atoms with van der Waals surface area (Å²) in [6, 6.07) is 0. The first kappa shape index (κ1) is 10.3. The summed E-state index contributed by atoms with van der Waals surface area (Å²) in [7, 11) is 0. The number of alkyl halides is 2. The van der Waals surface area contributed by atoms with E-state index in [2.05, 4.69) is 4.74 Å². The van der Waals surface area contributed by atoms with Crippen molar-refractivity contribution in [1.82, 2.24) is 0 Å². The normalized spacial score (nSPS) is 14.3. The van der Waals surface area contributed by atoms with E-state index in [1.807, 2.05) is 0 Å². The molecule has 0 amide bonds. The van der Waals surface area contributed by atoms with Gasteiger partial charge >= 0.3 is 11.9 Å². The van der Waals surface area contributed by atoms with Crippen molar-refractivity contribution in [3.8, 4) is 0 Å². The molecule has 0 saturated carbocycles. The van der Waals surface area contributed by atoms with Gasteiger partial charge in [0.1, 0.15) is 6.10 Å². The zero-order valence-corrected chi connectivity index (χ0v) is 6.30. The summed E-state index contributed by atoms with van der Waals surface area (Å²) in [5, 5.41) is 8.43. The molecule has 11 heavy (non-hydrogen) atoms. The number of halogens is 2. The molecule has 0 aliphatic rings. The van der Waals surface area contributed by atoms with Crippen LogP contribution in [-0.2, 0) is 9.53 Å². The molecule has 0 aromatic carbocycles. The number of carbonyl (C=O) groups excluding carboxylic acids is 1. The number of rotatable bonds is 3. The zero-order valence-electron chi connectivity index (χ0n) is 6.30. The molecular formula is C6H10F2O3. The van der Waals surface area contributed by atoms with Gasteiger partial charge in [0.15, 0.2) is 0 Å². The summed E-state index contributed by atoms with van der Waals surface area (Å²) in [6.45, 7) is 2.12. The maximum Gasteiger partial charge on any atom is 0.379 e. The van der Waals surface area contributed by atoms with Crippen LogP contribution in [0.3, 0.4) is 0 Å². The molecule has 0 heterocycles. The molecule has 0 saturated heterocycles. The lowest BCUT2D eigenvalue weighted by molar-refractivity contribution is -0.186. The molecule has 3 nitrogen and oxygen atoms in total. The van der Waals surface area contributed by atoms with Gasteiger partial charge in [-0.15, -0.1) is 0 Å². The number of hydrogen-bond acceptors (Lipinski definition) is 3. The van der Waals surface area contributed by atoms with E-state index in [9.17, 15) is 13.6 Å². The Morgan fingerprint density at radius 1 is 1.73 bits per heavy atom. The maximum atomic E-state index is 12.4. The second-order valence-corrected chi connectivity index (χ2v) is 2.02. The summed E-state index contributed by atoms with van der Waals surface area (Å²) in [5.41, 5.74) is 0. The van der Waals surface area contributed by atoms with E-state index in [1.165, 1.54) is 6.92 Å². The fourth-order valence-corrected chi connectivity index (χ4v) is 0.398. The van der Waals surface area contributed by atoms with E-state index >= 15 is 0 Å². The van der Waals surface area contributed by atoms with Crippen molar-refractivity contribution in [3.63, 3.8) is 0 Å². The number of esters is 1. The van der Waals surface area contributed by atoms with E-state index in [0.29, 0.717) is 0 Å². The average molecular weight is 168 g/mol. The summed E-state index contributed by atoms with van der Waals surface area (Å²) in [4.78, 5) is 10.4. The maximum absolute atomic E-state index is 12.4. The Kier molecular flexibility index (Phi) is 3.38. The van der Waals surface area contributed by atoms with Gasteiger partial charge in [-0.25, -0.2) is 4.79 Å². The molecule has 0 radical (unpaired) electrons. The molecule has 0 aliphatic heterocycles. The number of ether oxygens (including phenoxy) is 1. The second-order valence-electron chi connectivity index (χ2n) is 2.02. The molecule has 0 bridgehead atoms. The van der Waals surface area contributed by atoms with E-state index in [0.717, 1.165) is 6.92 Å². The van der Waals surface area contributed by atoms with Crippen LogP contribution in [0.1, 0.15) is 13.8 Å². The first-order chi connectivity index (χ1) is 4.92. The van der Waals surface area contributed by atoms with Crippen LogP contribution in [0.15, 0.2) is 0 Å². The standard InChI is InChI=1S/C6H10F2O3/c1-3-11-5(10)6(7,8)4(2)9/h4,9H,3H2,1-2H3/t4-/m0/s1. The van der Waals surface area contributed by atoms with Gasteiger partial charge in [-0.3, -0.25) is 0 Å². The minimum Gasteiger partial charge on any atom is -0.461 e. The fraction of sp³-hybridized carbons (Fsp3) is 0.833. The molecule has 0 unspecified atom stereocenters. The van der Waals surface area contributed by atoms with Crippen molar-refractivity contribution in [3.05, 3.63) is 0 Å². The van der Waals surface area contributed by atoms with Crippen molar-refractivity contribution >= 4 is 5.97 Å². The van der Waals surface area contributed by atoms with Gasteiger partial charge in [-0.2, -0.15) is 8.78 Å². The first-order valence-electron chi connectivity index (χ1n) is 3.16. The number of aliphatic hydroxyl groups is 1. The molecule has 0 rings (SSSR count). The van der Waals surface area contributed by atoms with E-state index in [1.54, 1.807) is 0 Å². The Morgan fingerprint density at radius 3 is 2.45 bits per heavy atom. The van der Waals surface area contributed by atoms with Crippen LogP contribution in [0.4, 0.5) is 8.78 Å². The minimum atomic E-state index is -3.80. The Labute approximate surface area is 63.0 Å². The largest absolute Gasteiger partial charge is 0.461 e. The lowest BCUT2D eigenvalue weighted by Crippen LogP contribution is -2.40. The molecule has 0 aromatic heterocycles. The third-order valence-corrected chi connectivity index (χ3v) is 1.07. The Hall–Kier alpha value is -0.710. The van der Waals surface area contributed by atoms with Crippen molar-refractivity contribution in [1.29, 1.82) is 0 Å². The second kappa shape index (κ2) is 3.61. The average Bonchev–Trinajstić information content (AvgIpc) is 1.88. The van der Waals surface area contributed by atoms with Gasteiger partial charge in [-0.1, -0.05) is 0 Å². The summed E-state index contributed by atoms with van der Waals surface area (Å²) >= 11 is 0. The van der Waals surface area contributed by atoms with Gasteiger partial charge in [-0.05, 0) is 13.8 Å². The van der Waals surface area contributed by atoms with Crippen LogP contribution < -0.4 is 0 Å². The molecule has 1 atom stereocenters. The molecule has 0 aliphatic carbocycles. The Morgan fingerprint density at radius 2 is 2.18 bits per heavy atom. The van der Waals surface area contributed by atoms with Gasteiger partial charge < -0.3 is 9.84 Å². The van der Waals surface area contributed by atoms with E-state index in [4.69, 9.17) is 5.11 Å². The molecule has 1 N–H and O–H groups in total. The van der Waals surface area contributed by atoms with Gasteiger partial charge in [0.05, 0.1) is 6.61 Å². The number of hydrogen-bond donors (Lipinski definition) is 1. The number of aliphatic hydroxyl groups excluding tert-OH is 1. The third-order valence-electron chi connectivity index (χ3n) is 1.07. The highest BCUT2D eigenvalue weighted by atomic mass is 19.3. The van der Waals surface area contributed by atoms with Crippen molar-refractivity contribution in [2.75, 3.05) is 6.61 Å². The number of carbonyl (C=O) groups is 1. The monoisotopic (exact) mass is 168 g/mol. The van der Waals surface area contributed by atoms with Crippen LogP contribution >= 0.6 is 0 Å². The molecule has 0 aromatic rings. The quantitative estimate of drug-likeness (QED) is 0.626. The molecule has 66 valence electrons. The third kappa shape index (κ3) is 2.42. The van der Waals surface area contributed by atoms with Crippen LogP contribution in [0.25, 0.3) is 0 Å². The van der Waals surface area contributed by atoms with Crippen molar-refractivity contribution in [2.45, 2.75) is 25.9 Å². The predicted octanol–water partition coefficient (Wildman–Crippen LogP) is 0.566. The summed E-state index contributed by atoms with van der Waals surface area (Å²) < 4.78 is 28.8. The van der Waals surface area contributed by atoms with Crippen molar-refractivity contribution < 1.29 is 23.4 Å². The van der Waals surface area contributed by atoms with E-state index < -0.39 is 18.0 Å². The molecular weight excluding hydrogens is 158 g/mol. The van der Waals surface area contributed by atoms with E-state index in [-0.39, 0.29) is 6.61 Å². The zero-order chi connectivity index (χ0) is 9.07. The topological polar surface area (TPSA) is 46.5 Å². The highest BCUT2D eigenvalue weighted by molar-refractivity contribution is 5.78. The van der Waals surface area contributed by atoms with Crippen LogP contribution in [-0.4, -0.2) is 29.7 Å². The van der Waals surface area contributed by atoms with Crippen LogP contribution in [0, 0.1) is 0 Å².